The molecule has 1 aromatic rings. The second-order valence-electron chi connectivity index (χ2n) is 4.44. The summed E-state index contributed by atoms with van der Waals surface area (Å²) in [5, 5.41) is 12.5. The number of carboxylic acid groups (broad SMARTS) is 1. The van der Waals surface area contributed by atoms with E-state index in [0.717, 1.165) is 0 Å². The van der Waals surface area contributed by atoms with Gasteiger partial charge in [0.25, 0.3) is 5.91 Å². The molecule has 10 heteroatoms. The van der Waals surface area contributed by atoms with Crippen molar-refractivity contribution in [1.29, 1.82) is 0 Å². The van der Waals surface area contributed by atoms with Gasteiger partial charge in [0, 0.05) is 0 Å². The number of nitrogens with two attached hydrogens (primary N) is 1. The van der Waals surface area contributed by atoms with E-state index in [2.05, 4.69) is 10.1 Å². The molecule has 0 heterocycles. The molecule has 0 aromatic heterocycles. The lowest BCUT2D eigenvalue weighted by atomic mass is 10.2. The summed E-state index contributed by atoms with van der Waals surface area (Å²) in [5.74, 6) is -2.02. The van der Waals surface area contributed by atoms with Gasteiger partial charge in [-0.05, 0) is 24.3 Å². The predicted molar refractivity (Wildman–Crippen MR) is 80.4 cm³/mol. The van der Waals surface area contributed by atoms with Crippen molar-refractivity contribution >= 4 is 23.9 Å². The topological polar surface area (TPSA) is 157 Å². The molecule has 3 amide bonds. The maximum Gasteiger partial charge on any atom is 0.405 e. The van der Waals surface area contributed by atoms with Crippen LogP contribution in [0.4, 0.5) is 4.79 Å². The van der Waals surface area contributed by atoms with Gasteiger partial charge in [0.1, 0.15) is 12.4 Å². The van der Waals surface area contributed by atoms with Crippen LogP contribution in [0.3, 0.4) is 0 Å². The summed E-state index contributed by atoms with van der Waals surface area (Å²) in [4.78, 5) is 44.4. The Morgan fingerprint density at radius 1 is 1.21 bits per heavy atom. The fourth-order valence-corrected chi connectivity index (χ4v) is 1.64. The maximum absolute atomic E-state index is 11.6. The highest BCUT2D eigenvalue weighted by molar-refractivity contribution is 6.05. The summed E-state index contributed by atoms with van der Waals surface area (Å²) < 4.78 is 9.88. The monoisotopic (exact) mass is 339 g/mol. The van der Waals surface area contributed by atoms with E-state index in [9.17, 15) is 19.2 Å². The highest BCUT2D eigenvalue weighted by Crippen LogP contribution is 2.12. The van der Waals surface area contributed by atoms with Gasteiger partial charge in [0.05, 0.1) is 19.2 Å². The molecule has 0 saturated carbocycles. The highest BCUT2D eigenvalue weighted by Gasteiger charge is 2.25. The lowest BCUT2D eigenvalue weighted by Crippen LogP contribution is -2.54. The number of carbonyl (C=O) groups excluding carboxylic acids is 3. The molecule has 0 bridgehead atoms. The number of rotatable bonds is 8. The fraction of sp³-hybridized carbons (Fsp3) is 0.286. The first-order valence-electron chi connectivity index (χ1n) is 6.72. The van der Waals surface area contributed by atoms with Crippen molar-refractivity contribution in [3.05, 3.63) is 29.8 Å². The second-order valence-corrected chi connectivity index (χ2v) is 4.44. The van der Waals surface area contributed by atoms with E-state index in [1.165, 1.54) is 19.2 Å². The molecule has 24 heavy (non-hydrogen) atoms. The largest absolute Gasteiger partial charge is 0.492 e. The number of esters is 1. The van der Waals surface area contributed by atoms with Crippen molar-refractivity contribution in [1.82, 2.24) is 10.6 Å². The van der Waals surface area contributed by atoms with Crippen molar-refractivity contribution in [2.45, 2.75) is 6.04 Å². The Balaban J connectivity index is 2.42. The van der Waals surface area contributed by atoms with Crippen LogP contribution in [0.5, 0.6) is 5.75 Å². The van der Waals surface area contributed by atoms with Crippen LogP contribution in [0.25, 0.3) is 0 Å². The predicted octanol–water partition coefficient (Wildman–Crippen LogP) is -0.910. The van der Waals surface area contributed by atoms with Gasteiger partial charge < -0.3 is 30.9 Å². The average Bonchev–Trinajstić information content (AvgIpc) is 2.55. The summed E-state index contributed by atoms with van der Waals surface area (Å²) in [6.07, 6.45) is -1.55. The zero-order valence-corrected chi connectivity index (χ0v) is 12.8. The van der Waals surface area contributed by atoms with Gasteiger partial charge in [-0.25, -0.2) is 9.59 Å². The van der Waals surface area contributed by atoms with Gasteiger partial charge in [0.2, 0.25) is 5.91 Å². The van der Waals surface area contributed by atoms with Crippen molar-refractivity contribution in [2.24, 2.45) is 5.73 Å². The van der Waals surface area contributed by atoms with E-state index in [-0.39, 0.29) is 13.2 Å². The third kappa shape index (κ3) is 5.83. The summed E-state index contributed by atoms with van der Waals surface area (Å²) in [6, 6.07) is 4.44. The quantitative estimate of drug-likeness (QED) is 0.271. The zero-order valence-electron chi connectivity index (χ0n) is 12.8. The number of methoxy groups -OCH3 is 1. The molecule has 1 atom stereocenters. The summed E-state index contributed by atoms with van der Waals surface area (Å²) in [7, 11) is 1.27. The highest BCUT2D eigenvalue weighted by atomic mass is 16.5. The Bertz CT molecular complexity index is 615. The minimum Gasteiger partial charge on any atom is -0.492 e. The van der Waals surface area contributed by atoms with Gasteiger partial charge in [-0.15, -0.1) is 0 Å². The average molecular weight is 339 g/mol. The number of ether oxygens (including phenoxy) is 2. The van der Waals surface area contributed by atoms with Crippen LogP contribution in [0.1, 0.15) is 10.4 Å². The maximum atomic E-state index is 11.6. The molecular formula is C14H17N3O7. The van der Waals surface area contributed by atoms with Crippen LogP contribution in [0.15, 0.2) is 24.3 Å². The van der Waals surface area contributed by atoms with E-state index >= 15 is 0 Å². The minimum absolute atomic E-state index is 0.0165. The molecule has 1 aromatic carbocycles. The Kier molecular flexibility index (Phi) is 7.01. The molecule has 130 valence electrons. The molecule has 1 rings (SSSR count). The minimum atomic E-state index is -1.68. The first kappa shape index (κ1) is 18.7. The standard InChI is InChI=1S/C14H17N3O7/c1-23-13(20)8-2-4-9(5-3-8)24-7-6-16-12(19)10(11(15)18)17-14(21)22/h2-5,10,17H,6-7H2,1H3,(H2,15,18)(H,16,19)(H,21,22). The van der Waals surface area contributed by atoms with Crippen molar-refractivity contribution in [3.63, 3.8) is 0 Å². The van der Waals surface area contributed by atoms with Crippen molar-refractivity contribution in [3.8, 4) is 5.75 Å². The van der Waals surface area contributed by atoms with Crippen molar-refractivity contribution in [2.75, 3.05) is 20.3 Å². The van der Waals surface area contributed by atoms with Crippen LogP contribution < -0.4 is 21.1 Å². The van der Waals surface area contributed by atoms with E-state index in [1.807, 2.05) is 0 Å². The Morgan fingerprint density at radius 2 is 1.83 bits per heavy atom. The third-order valence-electron chi connectivity index (χ3n) is 2.76. The molecule has 5 N–H and O–H groups in total. The molecule has 0 fully saturated rings. The Hall–Kier alpha value is -3.30. The zero-order chi connectivity index (χ0) is 18.1. The van der Waals surface area contributed by atoms with E-state index < -0.39 is 29.9 Å². The van der Waals surface area contributed by atoms with Gasteiger partial charge in [-0.1, -0.05) is 0 Å². The summed E-state index contributed by atoms with van der Waals surface area (Å²) >= 11 is 0. The van der Waals surface area contributed by atoms with Crippen LogP contribution in [-0.4, -0.2) is 55.3 Å². The van der Waals surface area contributed by atoms with Gasteiger partial charge >= 0.3 is 12.1 Å². The fourth-order valence-electron chi connectivity index (χ4n) is 1.64. The molecule has 0 spiro atoms. The van der Waals surface area contributed by atoms with Crippen molar-refractivity contribution < 1.29 is 33.8 Å². The number of amides is 3. The smallest absolute Gasteiger partial charge is 0.405 e. The molecular weight excluding hydrogens is 322 g/mol. The molecule has 0 aliphatic carbocycles. The first-order chi connectivity index (χ1) is 11.3. The first-order valence-corrected chi connectivity index (χ1v) is 6.72. The normalized spacial score (nSPS) is 11.0. The summed E-state index contributed by atoms with van der Waals surface area (Å²) in [6.45, 7) is 0.0739. The van der Waals surface area contributed by atoms with E-state index in [4.69, 9.17) is 15.6 Å². The van der Waals surface area contributed by atoms with E-state index in [0.29, 0.717) is 11.3 Å². The van der Waals surface area contributed by atoms with Crippen LogP contribution in [0.2, 0.25) is 0 Å². The number of benzene rings is 1. The van der Waals surface area contributed by atoms with Gasteiger partial charge in [0.15, 0.2) is 6.04 Å². The third-order valence-corrected chi connectivity index (χ3v) is 2.76. The lowest BCUT2D eigenvalue weighted by Gasteiger charge is -2.13. The SMILES string of the molecule is COC(=O)c1ccc(OCCNC(=O)C(NC(=O)O)C(N)=O)cc1. The number of hydrogen-bond donors (Lipinski definition) is 4. The van der Waals surface area contributed by atoms with Gasteiger partial charge in [-0.2, -0.15) is 0 Å². The molecule has 0 radical (unpaired) electrons. The Morgan fingerprint density at radius 3 is 2.33 bits per heavy atom. The van der Waals surface area contributed by atoms with Crippen LogP contribution in [0, 0.1) is 0 Å². The molecule has 0 aliphatic rings. The van der Waals surface area contributed by atoms with Gasteiger partial charge in [-0.3, -0.25) is 9.59 Å². The molecule has 10 nitrogen and oxygen atoms in total. The molecule has 0 saturated heterocycles. The molecule has 1 unspecified atom stereocenters. The number of primary amides is 1. The number of nitrogens with one attached hydrogen (secondary N) is 2. The number of carbonyl (C=O) groups is 4. The summed E-state index contributed by atoms with van der Waals surface area (Å²) in [5.41, 5.74) is 5.30. The van der Waals surface area contributed by atoms with Crippen LogP contribution in [-0.2, 0) is 14.3 Å². The van der Waals surface area contributed by atoms with E-state index in [1.54, 1.807) is 17.4 Å². The molecule has 0 aliphatic heterocycles. The number of hydrogen-bond acceptors (Lipinski definition) is 6. The second kappa shape index (κ2) is 8.98. The Labute approximate surface area is 136 Å². The van der Waals surface area contributed by atoms with Crippen LogP contribution >= 0.6 is 0 Å². The lowest BCUT2D eigenvalue weighted by molar-refractivity contribution is -0.130.